The van der Waals surface area contributed by atoms with E-state index < -0.39 is 0 Å². The van der Waals surface area contributed by atoms with Gasteiger partial charge in [-0.05, 0) is 75.7 Å². The molecule has 1 saturated heterocycles. The lowest BCUT2D eigenvalue weighted by atomic mass is 9.49. The first-order valence-electron chi connectivity index (χ1n) is 9.15. The fourth-order valence-electron chi connectivity index (χ4n) is 6.30. The second-order valence-electron chi connectivity index (χ2n) is 8.62. The van der Waals surface area contributed by atoms with Gasteiger partial charge in [0, 0.05) is 19.1 Å². The van der Waals surface area contributed by atoms with Crippen molar-refractivity contribution in [2.75, 3.05) is 26.8 Å². The molecule has 22 heavy (non-hydrogen) atoms. The highest BCUT2D eigenvalue weighted by atomic mass is 16.5. The number of methoxy groups -OCH3 is 1. The molecule has 1 unspecified atom stereocenters. The molecule has 4 saturated carbocycles. The minimum atomic E-state index is -0.0350. The molecular formula is C18H30N2O2. The van der Waals surface area contributed by atoms with Gasteiger partial charge in [0.25, 0.3) is 0 Å². The van der Waals surface area contributed by atoms with Crippen molar-refractivity contribution in [3.8, 4) is 0 Å². The lowest BCUT2D eigenvalue weighted by Crippen LogP contribution is -2.58. The number of rotatable bonds is 5. The van der Waals surface area contributed by atoms with E-state index in [-0.39, 0.29) is 11.0 Å². The Morgan fingerprint density at radius 1 is 1.18 bits per heavy atom. The van der Waals surface area contributed by atoms with Crippen molar-refractivity contribution in [1.82, 2.24) is 10.6 Å². The summed E-state index contributed by atoms with van der Waals surface area (Å²) in [7, 11) is 1.75. The van der Waals surface area contributed by atoms with Gasteiger partial charge in [0.1, 0.15) is 0 Å². The highest BCUT2D eigenvalue weighted by Gasteiger charge is 2.54. The fourth-order valence-corrected chi connectivity index (χ4v) is 6.30. The zero-order valence-electron chi connectivity index (χ0n) is 13.8. The Balaban J connectivity index is 1.42. The molecule has 124 valence electrons. The minimum Gasteiger partial charge on any atom is -0.383 e. The predicted molar refractivity (Wildman–Crippen MR) is 85.5 cm³/mol. The molecular weight excluding hydrogens is 276 g/mol. The van der Waals surface area contributed by atoms with Crippen LogP contribution in [0.25, 0.3) is 0 Å². The summed E-state index contributed by atoms with van der Waals surface area (Å²) in [4.78, 5) is 13.0. The number of amides is 1. The summed E-state index contributed by atoms with van der Waals surface area (Å²) in [6.45, 7) is 2.45. The second-order valence-corrected chi connectivity index (χ2v) is 8.62. The van der Waals surface area contributed by atoms with Crippen LogP contribution in [0, 0.1) is 23.2 Å². The molecule has 4 heteroatoms. The Hall–Kier alpha value is -0.610. The van der Waals surface area contributed by atoms with Gasteiger partial charge >= 0.3 is 0 Å². The molecule has 4 bridgehead atoms. The van der Waals surface area contributed by atoms with E-state index in [1.807, 2.05) is 0 Å². The Kier molecular flexibility index (Phi) is 3.73. The predicted octanol–water partition coefficient (Wildman–Crippen LogP) is 2.09. The lowest BCUT2D eigenvalue weighted by molar-refractivity contribution is -0.146. The minimum absolute atomic E-state index is 0.0262. The van der Waals surface area contributed by atoms with Crippen LogP contribution in [0.1, 0.15) is 51.4 Å². The zero-order chi connectivity index (χ0) is 15.2. The zero-order valence-corrected chi connectivity index (χ0v) is 13.8. The molecule has 4 aliphatic carbocycles. The first-order chi connectivity index (χ1) is 10.6. The summed E-state index contributed by atoms with van der Waals surface area (Å²) in [6.07, 6.45) is 9.89. The fraction of sp³-hybridized carbons (Fsp3) is 0.944. The summed E-state index contributed by atoms with van der Waals surface area (Å²) in [5.74, 6) is 2.83. The molecule has 0 aromatic rings. The summed E-state index contributed by atoms with van der Waals surface area (Å²) in [6, 6.07) is 0. The topological polar surface area (TPSA) is 50.4 Å². The van der Waals surface area contributed by atoms with E-state index in [0.717, 1.165) is 56.5 Å². The molecule has 0 radical (unpaired) electrons. The lowest BCUT2D eigenvalue weighted by Gasteiger charge is -2.55. The normalized spacial score (nSPS) is 46.1. The van der Waals surface area contributed by atoms with Gasteiger partial charge in [-0.25, -0.2) is 0 Å². The van der Waals surface area contributed by atoms with E-state index >= 15 is 0 Å². The van der Waals surface area contributed by atoms with Crippen LogP contribution in [0.2, 0.25) is 0 Å². The number of carbonyl (C=O) groups is 1. The van der Waals surface area contributed by atoms with Crippen molar-refractivity contribution >= 4 is 5.91 Å². The van der Waals surface area contributed by atoms with E-state index in [1.54, 1.807) is 7.11 Å². The van der Waals surface area contributed by atoms with Gasteiger partial charge in [0.15, 0.2) is 0 Å². The Labute approximate surface area is 133 Å². The maximum atomic E-state index is 13.0. The second kappa shape index (κ2) is 5.48. The number of carbonyl (C=O) groups excluding carboxylic acids is 1. The third-order valence-corrected chi connectivity index (χ3v) is 6.86. The molecule has 1 amide bonds. The average Bonchev–Trinajstić information content (AvgIpc) is 2.93. The molecule has 1 heterocycles. The van der Waals surface area contributed by atoms with E-state index in [0.29, 0.717) is 12.5 Å². The molecule has 0 aromatic heterocycles. The van der Waals surface area contributed by atoms with Crippen molar-refractivity contribution in [3.05, 3.63) is 0 Å². The first-order valence-corrected chi connectivity index (χ1v) is 9.15. The van der Waals surface area contributed by atoms with Gasteiger partial charge in [0.05, 0.1) is 12.1 Å². The summed E-state index contributed by atoms with van der Waals surface area (Å²) in [5.41, 5.74) is -0.0612. The first kappa shape index (κ1) is 14.9. The molecule has 1 aliphatic heterocycles. The molecule has 5 fully saturated rings. The largest absolute Gasteiger partial charge is 0.383 e. The maximum absolute atomic E-state index is 13.0. The molecule has 2 N–H and O–H groups in total. The van der Waals surface area contributed by atoms with Crippen LogP contribution in [0.5, 0.6) is 0 Å². The Bertz CT molecular complexity index is 407. The van der Waals surface area contributed by atoms with Crippen LogP contribution < -0.4 is 10.6 Å². The third-order valence-electron chi connectivity index (χ3n) is 6.86. The quantitative estimate of drug-likeness (QED) is 0.818. The SMILES string of the molecule is COCC1(CNC(=O)C23CC4CC(CC(C4)C2)C3)CCCN1. The summed E-state index contributed by atoms with van der Waals surface area (Å²) >= 11 is 0. The monoisotopic (exact) mass is 306 g/mol. The van der Waals surface area contributed by atoms with Crippen molar-refractivity contribution in [2.45, 2.75) is 56.9 Å². The van der Waals surface area contributed by atoms with Gasteiger partial charge in [-0.2, -0.15) is 0 Å². The van der Waals surface area contributed by atoms with Gasteiger partial charge in [0.2, 0.25) is 5.91 Å². The molecule has 5 rings (SSSR count). The molecule has 4 nitrogen and oxygen atoms in total. The van der Waals surface area contributed by atoms with Crippen LogP contribution in [0.15, 0.2) is 0 Å². The van der Waals surface area contributed by atoms with Crippen LogP contribution in [-0.4, -0.2) is 38.3 Å². The molecule has 1 atom stereocenters. The Morgan fingerprint density at radius 3 is 2.32 bits per heavy atom. The van der Waals surface area contributed by atoms with Crippen molar-refractivity contribution in [2.24, 2.45) is 23.2 Å². The molecule has 0 aromatic carbocycles. The van der Waals surface area contributed by atoms with Gasteiger partial charge in [-0.3, -0.25) is 4.79 Å². The van der Waals surface area contributed by atoms with Crippen LogP contribution in [0.4, 0.5) is 0 Å². The third kappa shape index (κ3) is 2.48. The maximum Gasteiger partial charge on any atom is 0.226 e. The van der Waals surface area contributed by atoms with Gasteiger partial charge < -0.3 is 15.4 Å². The smallest absolute Gasteiger partial charge is 0.226 e. The standard InChI is InChI=1S/C18H30N2O2/c1-22-12-18(3-2-4-20-18)11-19-16(21)17-8-13-5-14(9-17)7-15(6-13)10-17/h13-15,20H,2-12H2,1H3,(H,19,21). The van der Waals surface area contributed by atoms with E-state index in [4.69, 9.17) is 4.74 Å². The van der Waals surface area contributed by atoms with Crippen molar-refractivity contribution in [3.63, 3.8) is 0 Å². The summed E-state index contributed by atoms with van der Waals surface area (Å²) < 4.78 is 5.40. The van der Waals surface area contributed by atoms with Gasteiger partial charge in [-0.1, -0.05) is 0 Å². The van der Waals surface area contributed by atoms with E-state index in [1.165, 1.54) is 25.7 Å². The number of nitrogens with one attached hydrogen (secondary N) is 2. The van der Waals surface area contributed by atoms with Crippen LogP contribution in [0.3, 0.4) is 0 Å². The van der Waals surface area contributed by atoms with Gasteiger partial charge in [-0.15, -0.1) is 0 Å². The van der Waals surface area contributed by atoms with Crippen LogP contribution >= 0.6 is 0 Å². The highest BCUT2D eigenvalue weighted by molar-refractivity contribution is 5.83. The number of hydrogen-bond donors (Lipinski definition) is 2. The van der Waals surface area contributed by atoms with E-state index in [2.05, 4.69) is 10.6 Å². The molecule has 5 aliphatic rings. The Morgan fingerprint density at radius 2 is 1.82 bits per heavy atom. The van der Waals surface area contributed by atoms with Crippen molar-refractivity contribution in [1.29, 1.82) is 0 Å². The average molecular weight is 306 g/mol. The van der Waals surface area contributed by atoms with E-state index in [9.17, 15) is 4.79 Å². The summed E-state index contributed by atoms with van der Waals surface area (Å²) in [5, 5.41) is 6.89. The number of hydrogen-bond acceptors (Lipinski definition) is 3. The highest BCUT2D eigenvalue weighted by Crippen LogP contribution is 2.60. The van der Waals surface area contributed by atoms with Crippen LogP contribution in [-0.2, 0) is 9.53 Å². The van der Waals surface area contributed by atoms with Crippen molar-refractivity contribution < 1.29 is 9.53 Å². The number of ether oxygens (including phenoxy) is 1. The molecule has 0 spiro atoms.